The molecule has 44 heavy (non-hydrogen) atoms. The highest BCUT2D eigenvalue weighted by Crippen LogP contribution is 2.46. The Morgan fingerprint density at radius 2 is 1.82 bits per heavy atom. The minimum Gasteiger partial charge on any atom is -0.377 e. The van der Waals surface area contributed by atoms with Crippen molar-refractivity contribution in [2.75, 3.05) is 69.0 Å². The van der Waals surface area contributed by atoms with Crippen molar-refractivity contribution in [1.29, 1.82) is 0 Å². The van der Waals surface area contributed by atoms with E-state index in [1.165, 1.54) is 4.90 Å². The molecule has 10 nitrogen and oxygen atoms in total. The molecule has 1 saturated carbocycles. The Labute approximate surface area is 256 Å². The van der Waals surface area contributed by atoms with E-state index in [1.54, 1.807) is 0 Å². The average molecular weight is 649 g/mol. The third kappa shape index (κ3) is 5.54. The molecule has 0 spiro atoms. The van der Waals surface area contributed by atoms with Gasteiger partial charge in [0.2, 0.25) is 5.95 Å². The lowest BCUT2D eigenvalue weighted by Gasteiger charge is -2.36. The van der Waals surface area contributed by atoms with Crippen LogP contribution in [0.1, 0.15) is 39.6 Å². The number of piperazine rings is 1. The zero-order valence-electron chi connectivity index (χ0n) is 23.9. The molecule has 1 N–H and O–H groups in total. The SMILES string of the molecule is CN1CCN(c2ccc(Nc3ncc(C(F)(F)F)c(-c4cc5c(s4)C(=O)N(C4COC4)CCS5(=O)=O)n3)c(C3CC3)c2)CC1. The number of anilines is 3. The molecule has 4 aliphatic rings. The van der Waals surface area contributed by atoms with Gasteiger partial charge in [0, 0.05) is 50.3 Å². The van der Waals surface area contributed by atoms with Crippen LogP contribution in [0.3, 0.4) is 0 Å². The Kier molecular flexibility index (Phi) is 7.34. The van der Waals surface area contributed by atoms with Crippen molar-refractivity contribution in [2.45, 2.75) is 35.9 Å². The zero-order chi connectivity index (χ0) is 30.8. The number of fused-ring (bicyclic) bond motifs is 1. The standard InChI is InChI=1S/C29H31F3N6O4S2/c1-36-6-8-37(9-7-36)18-4-5-22(20(12-18)17-2-3-17)34-28-33-14-21(29(30,31)32)25(35-28)23-13-24-26(43-23)27(39)38(19-15-42-16-19)10-11-44(24,40)41/h4-5,12-14,17,19H,2-3,6-11,15-16H2,1H3,(H,33,34,35). The summed E-state index contributed by atoms with van der Waals surface area (Å²) in [5, 5.41) is 3.13. The molecule has 1 aromatic carbocycles. The van der Waals surface area contributed by atoms with Crippen LogP contribution >= 0.6 is 11.3 Å². The first kappa shape index (κ1) is 29.4. The molecule has 15 heteroatoms. The lowest BCUT2D eigenvalue weighted by atomic mass is 10.1. The Balaban J connectivity index is 1.25. The lowest BCUT2D eigenvalue weighted by Crippen LogP contribution is -2.52. The Hall–Kier alpha value is -3.27. The summed E-state index contributed by atoms with van der Waals surface area (Å²) in [7, 11) is -1.82. The fraction of sp³-hybridized carbons (Fsp3) is 0.483. The van der Waals surface area contributed by atoms with E-state index < -0.39 is 33.2 Å². The second-order valence-electron chi connectivity index (χ2n) is 11.7. The minimum atomic E-state index is -4.81. The van der Waals surface area contributed by atoms with E-state index in [2.05, 4.69) is 38.2 Å². The van der Waals surface area contributed by atoms with Crippen LogP contribution in [0.15, 0.2) is 35.4 Å². The van der Waals surface area contributed by atoms with Gasteiger partial charge in [-0.1, -0.05) is 0 Å². The number of likely N-dealkylation sites (N-methyl/N-ethyl adjacent to an activating group) is 1. The fourth-order valence-corrected chi connectivity index (χ4v) is 8.72. The van der Waals surface area contributed by atoms with E-state index in [1.807, 2.05) is 12.1 Å². The van der Waals surface area contributed by atoms with Crippen LogP contribution in [0.4, 0.5) is 30.5 Å². The van der Waals surface area contributed by atoms with E-state index >= 15 is 0 Å². The first-order valence-electron chi connectivity index (χ1n) is 14.5. The quantitative estimate of drug-likeness (QED) is 0.421. The van der Waals surface area contributed by atoms with Crippen molar-refractivity contribution < 1.29 is 31.1 Å². The van der Waals surface area contributed by atoms with Crippen LogP contribution in [0.5, 0.6) is 0 Å². The molecule has 3 aliphatic heterocycles. The maximum Gasteiger partial charge on any atom is 0.420 e. The van der Waals surface area contributed by atoms with Gasteiger partial charge < -0.3 is 24.8 Å². The third-order valence-electron chi connectivity index (χ3n) is 8.65. The number of amides is 1. The zero-order valence-corrected chi connectivity index (χ0v) is 25.6. The molecule has 3 fully saturated rings. The number of thiophene rings is 1. The molecular weight excluding hydrogens is 617 g/mol. The molecule has 5 heterocycles. The Morgan fingerprint density at radius 1 is 1.07 bits per heavy atom. The summed E-state index contributed by atoms with van der Waals surface area (Å²) < 4.78 is 74.1. The molecule has 3 aromatic rings. The van der Waals surface area contributed by atoms with Gasteiger partial charge in [-0.05, 0) is 55.6 Å². The smallest absolute Gasteiger partial charge is 0.377 e. The van der Waals surface area contributed by atoms with E-state index in [-0.39, 0.29) is 52.2 Å². The van der Waals surface area contributed by atoms with Crippen LogP contribution < -0.4 is 10.2 Å². The number of alkyl halides is 3. The Bertz CT molecular complexity index is 1710. The summed E-state index contributed by atoms with van der Waals surface area (Å²) in [5.74, 6) is -0.559. The van der Waals surface area contributed by atoms with Crippen molar-refractivity contribution in [1.82, 2.24) is 19.8 Å². The molecule has 1 amide bonds. The van der Waals surface area contributed by atoms with Crippen molar-refractivity contribution in [2.24, 2.45) is 0 Å². The van der Waals surface area contributed by atoms with Crippen LogP contribution in [0, 0.1) is 0 Å². The molecule has 7 rings (SSSR count). The molecule has 234 valence electrons. The second-order valence-corrected chi connectivity index (χ2v) is 14.9. The third-order valence-corrected chi connectivity index (χ3v) is 11.6. The number of nitrogens with one attached hydrogen (secondary N) is 1. The highest BCUT2D eigenvalue weighted by molar-refractivity contribution is 7.91. The lowest BCUT2D eigenvalue weighted by molar-refractivity contribution is -0.137. The number of sulfone groups is 1. The number of nitrogens with zero attached hydrogens (tertiary/aromatic N) is 5. The number of hydrogen-bond acceptors (Lipinski definition) is 10. The largest absolute Gasteiger partial charge is 0.420 e. The predicted octanol–water partition coefficient (Wildman–Crippen LogP) is 4.23. The summed E-state index contributed by atoms with van der Waals surface area (Å²) in [4.78, 5) is 27.3. The van der Waals surface area contributed by atoms with Crippen LogP contribution in [-0.4, -0.2) is 98.9 Å². The van der Waals surface area contributed by atoms with Crippen LogP contribution in [0.2, 0.25) is 0 Å². The highest BCUT2D eigenvalue weighted by Gasteiger charge is 2.41. The van der Waals surface area contributed by atoms with Gasteiger partial charge in [-0.25, -0.2) is 18.4 Å². The monoisotopic (exact) mass is 648 g/mol. The summed E-state index contributed by atoms with van der Waals surface area (Å²) >= 11 is 0.711. The van der Waals surface area contributed by atoms with E-state index in [0.29, 0.717) is 29.1 Å². The topological polar surface area (TPSA) is 108 Å². The molecule has 0 atom stereocenters. The number of carbonyl (C=O) groups is 1. The van der Waals surface area contributed by atoms with Crippen LogP contribution in [0.25, 0.3) is 10.6 Å². The van der Waals surface area contributed by atoms with Crippen molar-refractivity contribution in [3.05, 3.63) is 46.5 Å². The highest BCUT2D eigenvalue weighted by atomic mass is 32.2. The van der Waals surface area contributed by atoms with Gasteiger partial charge >= 0.3 is 6.18 Å². The van der Waals surface area contributed by atoms with Gasteiger partial charge in [-0.3, -0.25) is 4.79 Å². The Morgan fingerprint density at radius 3 is 2.48 bits per heavy atom. The first-order chi connectivity index (χ1) is 21.0. The van der Waals surface area contributed by atoms with Crippen molar-refractivity contribution >= 4 is 44.4 Å². The van der Waals surface area contributed by atoms with E-state index in [4.69, 9.17) is 4.74 Å². The van der Waals surface area contributed by atoms with Gasteiger partial charge in [0.05, 0.1) is 40.5 Å². The molecular formula is C29H31F3N6O4S2. The molecule has 0 unspecified atom stereocenters. The number of hydrogen-bond donors (Lipinski definition) is 1. The first-order valence-corrected chi connectivity index (χ1v) is 17.0. The number of benzene rings is 1. The summed E-state index contributed by atoms with van der Waals surface area (Å²) in [6, 6.07) is 6.94. The number of ether oxygens (including phenoxy) is 1. The van der Waals surface area contributed by atoms with Gasteiger partial charge in [0.25, 0.3) is 5.91 Å². The number of halogens is 3. The summed E-state index contributed by atoms with van der Waals surface area (Å²) in [6.45, 7) is 4.33. The number of carbonyl (C=O) groups excluding carboxylic acids is 1. The summed E-state index contributed by atoms with van der Waals surface area (Å²) in [6.07, 6.45) is -2.06. The number of rotatable bonds is 6. The average Bonchev–Trinajstić information content (AvgIpc) is 3.71. The maximum atomic E-state index is 14.2. The maximum absolute atomic E-state index is 14.2. The summed E-state index contributed by atoms with van der Waals surface area (Å²) in [5.41, 5.74) is 1.30. The van der Waals surface area contributed by atoms with Gasteiger partial charge in [0.1, 0.15) is 10.4 Å². The van der Waals surface area contributed by atoms with Crippen molar-refractivity contribution in [3.63, 3.8) is 0 Å². The molecule has 0 radical (unpaired) electrons. The van der Waals surface area contributed by atoms with E-state index in [9.17, 15) is 26.4 Å². The second kappa shape index (κ2) is 11.0. The van der Waals surface area contributed by atoms with Gasteiger partial charge in [-0.2, -0.15) is 13.2 Å². The van der Waals surface area contributed by atoms with Gasteiger partial charge in [-0.15, -0.1) is 11.3 Å². The van der Waals surface area contributed by atoms with Gasteiger partial charge in [0.15, 0.2) is 9.84 Å². The molecule has 1 aliphatic carbocycles. The molecule has 2 aromatic heterocycles. The minimum absolute atomic E-state index is 0.00176. The van der Waals surface area contributed by atoms with Crippen LogP contribution in [-0.2, 0) is 20.8 Å². The molecule has 0 bridgehead atoms. The number of aromatic nitrogens is 2. The predicted molar refractivity (Wildman–Crippen MR) is 159 cm³/mol. The van der Waals surface area contributed by atoms with E-state index in [0.717, 1.165) is 56.3 Å². The molecule has 2 saturated heterocycles. The fourth-order valence-electron chi connectivity index (χ4n) is 5.80. The normalized spacial score (nSPS) is 21.1. The van der Waals surface area contributed by atoms with Crippen molar-refractivity contribution in [3.8, 4) is 10.6 Å².